The van der Waals surface area contributed by atoms with Crippen molar-refractivity contribution in [3.8, 4) is 0 Å². The quantitative estimate of drug-likeness (QED) is 0.799. The summed E-state index contributed by atoms with van der Waals surface area (Å²) in [5.41, 5.74) is 4.65. The van der Waals surface area contributed by atoms with E-state index in [0.29, 0.717) is 10.7 Å². The minimum atomic E-state index is -0.0854. The van der Waals surface area contributed by atoms with Gasteiger partial charge in [0.2, 0.25) is 5.91 Å². The molecule has 4 nitrogen and oxygen atoms in total. The number of pyridine rings is 1. The molecule has 2 aromatic heterocycles. The first-order chi connectivity index (χ1) is 10.5. The van der Waals surface area contributed by atoms with Gasteiger partial charge in [-0.25, -0.2) is 4.98 Å². The summed E-state index contributed by atoms with van der Waals surface area (Å²) < 4.78 is 1.82. The van der Waals surface area contributed by atoms with Crippen LogP contribution in [-0.4, -0.2) is 15.3 Å². The molecule has 1 aromatic carbocycles. The van der Waals surface area contributed by atoms with Crippen LogP contribution in [0, 0.1) is 13.8 Å². The number of benzene rings is 1. The van der Waals surface area contributed by atoms with Gasteiger partial charge in [0, 0.05) is 18.1 Å². The molecule has 22 heavy (non-hydrogen) atoms. The zero-order valence-electron chi connectivity index (χ0n) is 12.4. The lowest BCUT2D eigenvalue weighted by Gasteiger charge is -2.06. The molecule has 0 aliphatic rings. The van der Waals surface area contributed by atoms with Crippen LogP contribution in [0.5, 0.6) is 0 Å². The molecule has 1 N–H and O–H groups in total. The topological polar surface area (TPSA) is 46.4 Å². The van der Waals surface area contributed by atoms with E-state index in [9.17, 15) is 4.79 Å². The number of imidazole rings is 1. The zero-order chi connectivity index (χ0) is 15.7. The first kappa shape index (κ1) is 14.6. The van der Waals surface area contributed by atoms with Crippen molar-refractivity contribution in [1.29, 1.82) is 0 Å². The van der Waals surface area contributed by atoms with Crippen LogP contribution in [0.1, 0.15) is 16.8 Å². The minimum Gasteiger partial charge on any atom is -0.326 e. The summed E-state index contributed by atoms with van der Waals surface area (Å²) in [4.78, 5) is 16.5. The van der Waals surface area contributed by atoms with Crippen molar-refractivity contribution in [2.75, 3.05) is 5.32 Å². The second-order valence-electron chi connectivity index (χ2n) is 5.37. The number of rotatable bonds is 3. The molecule has 3 rings (SSSR count). The Bertz CT molecular complexity index is 854. The number of carbonyl (C=O) groups excluding carboxylic acids is 1. The van der Waals surface area contributed by atoms with Crippen LogP contribution in [0.15, 0.2) is 42.7 Å². The maximum atomic E-state index is 12.1. The predicted octanol–water partition coefficient (Wildman–Crippen LogP) is 3.79. The fourth-order valence-electron chi connectivity index (χ4n) is 2.29. The Kier molecular flexibility index (Phi) is 3.86. The van der Waals surface area contributed by atoms with Crippen molar-refractivity contribution in [2.24, 2.45) is 0 Å². The fraction of sp³-hybridized carbons (Fsp3) is 0.176. The molecule has 0 fully saturated rings. The van der Waals surface area contributed by atoms with Gasteiger partial charge in [-0.2, -0.15) is 0 Å². The van der Waals surface area contributed by atoms with Crippen molar-refractivity contribution in [3.05, 3.63) is 64.6 Å². The lowest BCUT2D eigenvalue weighted by molar-refractivity contribution is -0.115. The van der Waals surface area contributed by atoms with Gasteiger partial charge in [0.15, 0.2) is 0 Å². The second-order valence-corrected chi connectivity index (χ2v) is 5.81. The van der Waals surface area contributed by atoms with Crippen LogP contribution in [-0.2, 0) is 11.2 Å². The molecule has 112 valence electrons. The Labute approximate surface area is 133 Å². The highest BCUT2D eigenvalue weighted by Gasteiger charge is 2.09. The SMILES string of the molecule is Cc1ccc(NC(=O)Cc2cn3cc(Cl)ccc3n2)cc1C. The summed E-state index contributed by atoms with van der Waals surface area (Å²) in [7, 11) is 0. The maximum Gasteiger partial charge on any atom is 0.230 e. The van der Waals surface area contributed by atoms with Gasteiger partial charge in [0.1, 0.15) is 5.65 Å². The van der Waals surface area contributed by atoms with Gasteiger partial charge in [-0.05, 0) is 49.2 Å². The van der Waals surface area contributed by atoms with E-state index in [1.165, 1.54) is 5.56 Å². The molecule has 0 unspecified atom stereocenters. The van der Waals surface area contributed by atoms with Crippen LogP contribution in [0.2, 0.25) is 5.02 Å². The third-order valence-corrected chi connectivity index (χ3v) is 3.82. The number of anilines is 1. The van der Waals surface area contributed by atoms with Gasteiger partial charge in [0.25, 0.3) is 0 Å². The van der Waals surface area contributed by atoms with Gasteiger partial charge in [0.05, 0.1) is 17.1 Å². The summed E-state index contributed by atoms with van der Waals surface area (Å²) in [6, 6.07) is 9.48. The number of carbonyl (C=O) groups is 1. The molecular weight excluding hydrogens is 298 g/mol. The van der Waals surface area contributed by atoms with Crippen molar-refractivity contribution >= 4 is 28.8 Å². The standard InChI is InChI=1S/C17H16ClN3O/c1-11-3-5-14(7-12(11)2)20-17(22)8-15-10-21-9-13(18)4-6-16(21)19-15/h3-7,9-10H,8H2,1-2H3,(H,20,22). The largest absolute Gasteiger partial charge is 0.326 e. The summed E-state index contributed by atoms with van der Waals surface area (Å²) in [6.07, 6.45) is 3.82. The molecule has 0 saturated carbocycles. The molecule has 0 atom stereocenters. The summed E-state index contributed by atoms with van der Waals surface area (Å²) in [5.74, 6) is -0.0854. The van der Waals surface area contributed by atoms with Crippen molar-refractivity contribution < 1.29 is 4.79 Å². The molecule has 0 aliphatic heterocycles. The van der Waals surface area contributed by atoms with Crippen molar-refractivity contribution in [3.63, 3.8) is 0 Å². The lowest BCUT2D eigenvalue weighted by Crippen LogP contribution is -2.14. The number of aryl methyl sites for hydroxylation is 2. The van der Waals surface area contributed by atoms with Gasteiger partial charge in [-0.1, -0.05) is 17.7 Å². The summed E-state index contributed by atoms with van der Waals surface area (Å²) >= 11 is 5.94. The van der Waals surface area contributed by atoms with Crippen molar-refractivity contribution in [2.45, 2.75) is 20.3 Å². The highest BCUT2D eigenvalue weighted by atomic mass is 35.5. The van der Waals surface area contributed by atoms with Crippen LogP contribution < -0.4 is 5.32 Å². The molecule has 0 saturated heterocycles. The normalized spacial score (nSPS) is 10.9. The number of amides is 1. The third kappa shape index (κ3) is 3.12. The van der Waals surface area contributed by atoms with E-state index in [2.05, 4.69) is 10.3 Å². The lowest BCUT2D eigenvalue weighted by atomic mass is 10.1. The van der Waals surface area contributed by atoms with E-state index in [1.54, 1.807) is 12.3 Å². The number of nitrogens with one attached hydrogen (secondary N) is 1. The van der Waals surface area contributed by atoms with E-state index in [0.717, 1.165) is 16.9 Å². The zero-order valence-corrected chi connectivity index (χ0v) is 13.2. The molecule has 0 aliphatic carbocycles. The molecule has 0 bridgehead atoms. The minimum absolute atomic E-state index is 0.0854. The molecule has 3 aromatic rings. The third-order valence-electron chi connectivity index (χ3n) is 3.60. The maximum absolute atomic E-state index is 12.1. The van der Waals surface area contributed by atoms with Crippen molar-refractivity contribution in [1.82, 2.24) is 9.38 Å². The molecule has 0 radical (unpaired) electrons. The molecule has 2 heterocycles. The Morgan fingerprint density at radius 3 is 2.77 bits per heavy atom. The number of fused-ring (bicyclic) bond motifs is 1. The first-order valence-corrected chi connectivity index (χ1v) is 7.39. The highest BCUT2D eigenvalue weighted by Crippen LogP contribution is 2.15. The predicted molar refractivity (Wildman–Crippen MR) is 88.5 cm³/mol. The molecular formula is C17H16ClN3O. The first-order valence-electron chi connectivity index (χ1n) is 7.01. The highest BCUT2D eigenvalue weighted by molar-refractivity contribution is 6.30. The van der Waals surface area contributed by atoms with Gasteiger partial charge in [-0.15, -0.1) is 0 Å². The number of nitrogens with zero attached hydrogens (tertiary/aromatic N) is 2. The summed E-state index contributed by atoms with van der Waals surface area (Å²) in [6.45, 7) is 4.07. The van der Waals surface area contributed by atoms with Crippen LogP contribution >= 0.6 is 11.6 Å². The average molecular weight is 314 g/mol. The van der Waals surface area contributed by atoms with Gasteiger partial charge >= 0.3 is 0 Å². The van der Waals surface area contributed by atoms with Gasteiger partial charge in [-0.3, -0.25) is 4.79 Å². The van der Waals surface area contributed by atoms with Crippen LogP contribution in [0.25, 0.3) is 5.65 Å². The molecule has 0 spiro atoms. The van der Waals surface area contributed by atoms with Gasteiger partial charge < -0.3 is 9.72 Å². The van der Waals surface area contributed by atoms with E-state index in [1.807, 2.05) is 48.7 Å². The number of halogens is 1. The Morgan fingerprint density at radius 2 is 2.00 bits per heavy atom. The fourth-order valence-corrected chi connectivity index (χ4v) is 2.46. The van der Waals surface area contributed by atoms with Crippen LogP contribution in [0.4, 0.5) is 5.69 Å². The summed E-state index contributed by atoms with van der Waals surface area (Å²) in [5, 5.41) is 3.54. The number of hydrogen-bond donors (Lipinski definition) is 1. The van der Waals surface area contributed by atoms with Crippen LogP contribution in [0.3, 0.4) is 0 Å². The number of hydrogen-bond acceptors (Lipinski definition) is 2. The Hall–Kier alpha value is -2.33. The molecule has 1 amide bonds. The monoisotopic (exact) mass is 313 g/mol. The Balaban J connectivity index is 1.73. The average Bonchev–Trinajstić information content (AvgIpc) is 2.84. The second kappa shape index (κ2) is 5.81. The van der Waals surface area contributed by atoms with E-state index < -0.39 is 0 Å². The number of aromatic nitrogens is 2. The van der Waals surface area contributed by atoms with E-state index in [4.69, 9.17) is 11.6 Å². The van der Waals surface area contributed by atoms with E-state index >= 15 is 0 Å². The smallest absolute Gasteiger partial charge is 0.230 e. The Morgan fingerprint density at radius 1 is 1.18 bits per heavy atom. The van der Waals surface area contributed by atoms with E-state index in [-0.39, 0.29) is 12.3 Å². The molecule has 5 heteroatoms.